The molecule has 0 radical (unpaired) electrons. The molecular weight excluding hydrogens is 389 g/mol. The van der Waals surface area contributed by atoms with Crippen molar-refractivity contribution in [2.75, 3.05) is 11.9 Å². The third kappa shape index (κ3) is 4.92. The molecule has 0 aromatic heterocycles. The SMILES string of the molecule is C=CCN1C(=O)[C@@H](CC(=O)Nc2ccccc2C)SC1=Nc1ccc(C)c(F)c1. The van der Waals surface area contributed by atoms with Gasteiger partial charge in [-0.2, -0.15) is 0 Å². The molecule has 1 fully saturated rings. The number of hydrogen-bond donors (Lipinski definition) is 1. The van der Waals surface area contributed by atoms with E-state index in [2.05, 4.69) is 16.9 Å². The summed E-state index contributed by atoms with van der Waals surface area (Å²) in [6.45, 7) is 7.53. The molecule has 3 rings (SSSR count). The van der Waals surface area contributed by atoms with Crippen molar-refractivity contribution in [3.8, 4) is 0 Å². The lowest BCUT2D eigenvalue weighted by atomic mass is 10.2. The van der Waals surface area contributed by atoms with Crippen LogP contribution in [0, 0.1) is 19.7 Å². The van der Waals surface area contributed by atoms with Crippen LogP contribution in [0.25, 0.3) is 0 Å². The topological polar surface area (TPSA) is 61.8 Å². The van der Waals surface area contributed by atoms with Gasteiger partial charge < -0.3 is 5.32 Å². The van der Waals surface area contributed by atoms with Crippen LogP contribution in [0.3, 0.4) is 0 Å². The number of anilines is 1. The number of halogens is 1. The van der Waals surface area contributed by atoms with Crippen LogP contribution in [0.2, 0.25) is 0 Å². The molecule has 1 saturated heterocycles. The van der Waals surface area contributed by atoms with Gasteiger partial charge in [0.05, 0.1) is 5.69 Å². The maximum absolute atomic E-state index is 13.8. The molecule has 2 aromatic rings. The summed E-state index contributed by atoms with van der Waals surface area (Å²) in [6, 6.07) is 12.1. The van der Waals surface area contributed by atoms with Crippen molar-refractivity contribution in [3.05, 3.63) is 72.1 Å². The van der Waals surface area contributed by atoms with E-state index in [1.165, 1.54) is 22.7 Å². The molecule has 1 N–H and O–H groups in total. The Hall–Kier alpha value is -2.93. The fourth-order valence-corrected chi connectivity index (χ4v) is 4.03. The van der Waals surface area contributed by atoms with Crippen molar-refractivity contribution in [1.29, 1.82) is 0 Å². The van der Waals surface area contributed by atoms with Crippen LogP contribution in [0.1, 0.15) is 17.5 Å². The van der Waals surface area contributed by atoms with Gasteiger partial charge in [-0.25, -0.2) is 9.38 Å². The minimum absolute atomic E-state index is 0.0206. The molecule has 0 aliphatic carbocycles. The van der Waals surface area contributed by atoms with Gasteiger partial charge in [0.15, 0.2) is 5.17 Å². The zero-order chi connectivity index (χ0) is 21.0. The molecule has 0 saturated carbocycles. The Kier molecular flexibility index (Phi) is 6.49. The highest BCUT2D eigenvalue weighted by atomic mass is 32.2. The van der Waals surface area contributed by atoms with E-state index in [4.69, 9.17) is 0 Å². The summed E-state index contributed by atoms with van der Waals surface area (Å²) in [5, 5.41) is 2.70. The Balaban J connectivity index is 1.76. The number of nitrogens with zero attached hydrogens (tertiary/aromatic N) is 2. The largest absolute Gasteiger partial charge is 0.326 e. The van der Waals surface area contributed by atoms with Crippen LogP contribution in [0.4, 0.5) is 15.8 Å². The Morgan fingerprint density at radius 2 is 2.03 bits per heavy atom. The third-order valence-electron chi connectivity index (χ3n) is 4.50. The van der Waals surface area contributed by atoms with Gasteiger partial charge in [0.25, 0.3) is 0 Å². The van der Waals surface area contributed by atoms with Crippen molar-refractivity contribution in [3.63, 3.8) is 0 Å². The minimum Gasteiger partial charge on any atom is -0.326 e. The van der Waals surface area contributed by atoms with Crippen molar-refractivity contribution in [1.82, 2.24) is 4.90 Å². The molecule has 1 heterocycles. The van der Waals surface area contributed by atoms with E-state index < -0.39 is 5.25 Å². The van der Waals surface area contributed by atoms with E-state index in [1.807, 2.05) is 31.2 Å². The summed E-state index contributed by atoms with van der Waals surface area (Å²) in [7, 11) is 0. The molecule has 1 atom stereocenters. The zero-order valence-corrected chi connectivity index (χ0v) is 17.1. The number of carbonyl (C=O) groups is 2. The lowest BCUT2D eigenvalue weighted by Gasteiger charge is -2.14. The van der Waals surface area contributed by atoms with E-state index in [0.29, 0.717) is 16.4 Å². The number of rotatable bonds is 6. The summed E-state index contributed by atoms with van der Waals surface area (Å²) in [5.74, 6) is -0.807. The number of benzene rings is 2. The fourth-order valence-electron chi connectivity index (χ4n) is 2.87. The first kappa shape index (κ1) is 20.8. The second-order valence-electron chi connectivity index (χ2n) is 6.74. The number of aryl methyl sites for hydroxylation is 2. The fraction of sp³-hybridized carbons (Fsp3) is 0.227. The molecule has 1 aliphatic heterocycles. The Labute approximate surface area is 173 Å². The third-order valence-corrected chi connectivity index (χ3v) is 5.68. The average Bonchev–Trinajstić information content (AvgIpc) is 2.95. The first-order chi connectivity index (χ1) is 13.9. The maximum atomic E-state index is 13.8. The molecule has 0 bridgehead atoms. The van der Waals surface area contributed by atoms with Crippen LogP contribution in [-0.4, -0.2) is 33.7 Å². The lowest BCUT2D eigenvalue weighted by Crippen LogP contribution is -2.33. The summed E-state index contributed by atoms with van der Waals surface area (Å²) < 4.78 is 13.8. The molecule has 2 aromatic carbocycles. The second kappa shape index (κ2) is 9.05. The second-order valence-corrected chi connectivity index (χ2v) is 7.91. The first-order valence-corrected chi connectivity index (χ1v) is 10.1. The molecule has 5 nitrogen and oxygen atoms in total. The normalized spacial score (nSPS) is 17.6. The van der Waals surface area contributed by atoms with Gasteiger partial charge in [-0.3, -0.25) is 14.5 Å². The van der Waals surface area contributed by atoms with Crippen LogP contribution < -0.4 is 5.32 Å². The molecule has 150 valence electrons. The highest BCUT2D eigenvalue weighted by molar-refractivity contribution is 8.15. The monoisotopic (exact) mass is 411 g/mol. The number of hydrogen-bond acceptors (Lipinski definition) is 4. The Bertz CT molecular complexity index is 990. The number of amidine groups is 1. The minimum atomic E-state index is -0.590. The van der Waals surface area contributed by atoms with Crippen LogP contribution in [-0.2, 0) is 9.59 Å². The zero-order valence-electron chi connectivity index (χ0n) is 16.3. The maximum Gasteiger partial charge on any atom is 0.242 e. The molecule has 0 unspecified atom stereocenters. The Morgan fingerprint density at radius 1 is 1.28 bits per heavy atom. The number of carbonyl (C=O) groups excluding carboxylic acids is 2. The van der Waals surface area contributed by atoms with E-state index in [9.17, 15) is 14.0 Å². The van der Waals surface area contributed by atoms with Gasteiger partial charge in [0, 0.05) is 18.7 Å². The predicted octanol–water partition coefficient (Wildman–Crippen LogP) is 4.59. The average molecular weight is 412 g/mol. The van der Waals surface area contributed by atoms with E-state index in [1.54, 1.807) is 25.1 Å². The number of nitrogens with one attached hydrogen (secondary N) is 1. The number of aliphatic imine (C=N–C) groups is 1. The first-order valence-electron chi connectivity index (χ1n) is 9.18. The van der Waals surface area contributed by atoms with Gasteiger partial charge in [-0.05, 0) is 43.2 Å². The molecule has 7 heteroatoms. The lowest BCUT2D eigenvalue weighted by molar-refractivity contribution is -0.127. The molecule has 0 spiro atoms. The van der Waals surface area contributed by atoms with Crippen LogP contribution >= 0.6 is 11.8 Å². The summed E-state index contributed by atoms with van der Waals surface area (Å²) in [5.41, 5.74) is 2.61. The standard InChI is InChI=1S/C22H22FN3O2S/c1-4-11-26-21(28)19(13-20(27)25-18-8-6-5-7-15(18)3)29-22(26)24-16-10-9-14(2)17(23)12-16/h4-10,12,19H,1,11,13H2,2-3H3,(H,25,27)/t19-/m1/s1. The molecule has 2 amide bonds. The highest BCUT2D eigenvalue weighted by Gasteiger charge is 2.38. The summed E-state index contributed by atoms with van der Waals surface area (Å²) in [4.78, 5) is 31.2. The number of amides is 2. The van der Waals surface area contributed by atoms with Crippen molar-refractivity contribution >= 4 is 40.1 Å². The highest BCUT2D eigenvalue weighted by Crippen LogP contribution is 2.32. The molecule has 29 heavy (non-hydrogen) atoms. The van der Waals surface area contributed by atoms with Gasteiger partial charge in [-0.1, -0.05) is 42.1 Å². The van der Waals surface area contributed by atoms with E-state index in [-0.39, 0.29) is 30.6 Å². The van der Waals surface area contributed by atoms with Crippen molar-refractivity contribution in [2.24, 2.45) is 4.99 Å². The smallest absolute Gasteiger partial charge is 0.242 e. The summed E-state index contributed by atoms with van der Waals surface area (Å²) in [6.07, 6.45) is 1.62. The van der Waals surface area contributed by atoms with Crippen LogP contribution in [0.5, 0.6) is 0 Å². The quantitative estimate of drug-likeness (QED) is 0.708. The predicted molar refractivity (Wildman–Crippen MR) is 116 cm³/mol. The van der Waals surface area contributed by atoms with Crippen molar-refractivity contribution in [2.45, 2.75) is 25.5 Å². The molecular formula is C22H22FN3O2S. The van der Waals surface area contributed by atoms with E-state index >= 15 is 0 Å². The molecule has 1 aliphatic rings. The number of thioether (sulfide) groups is 1. The van der Waals surface area contributed by atoms with Gasteiger partial charge in [0.2, 0.25) is 11.8 Å². The van der Waals surface area contributed by atoms with Gasteiger partial charge in [-0.15, -0.1) is 6.58 Å². The van der Waals surface area contributed by atoms with Gasteiger partial charge >= 0.3 is 0 Å². The summed E-state index contributed by atoms with van der Waals surface area (Å²) >= 11 is 1.21. The Morgan fingerprint density at radius 3 is 2.72 bits per heavy atom. The van der Waals surface area contributed by atoms with E-state index in [0.717, 1.165) is 11.3 Å². The van der Waals surface area contributed by atoms with Crippen LogP contribution in [0.15, 0.2) is 60.1 Å². The van der Waals surface area contributed by atoms with Crippen molar-refractivity contribution < 1.29 is 14.0 Å². The number of para-hydroxylation sites is 1. The van der Waals surface area contributed by atoms with Gasteiger partial charge in [0.1, 0.15) is 11.1 Å².